The smallest absolute Gasteiger partial charge is 0.325 e. The number of amides is 4. The third-order valence-electron chi connectivity index (χ3n) is 8.43. The van der Waals surface area contributed by atoms with Crippen molar-refractivity contribution in [2.75, 3.05) is 19.6 Å². The number of nitrogens with one attached hydrogen (secondary N) is 1. The number of rotatable bonds is 6. The van der Waals surface area contributed by atoms with Crippen LogP contribution in [-0.2, 0) is 21.5 Å². The van der Waals surface area contributed by atoms with Crippen molar-refractivity contribution in [3.8, 4) is 0 Å². The van der Waals surface area contributed by atoms with Gasteiger partial charge in [-0.3, -0.25) is 19.5 Å². The van der Waals surface area contributed by atoms with E-state index in [0.717, 1.165) is 23.3 Å². The van der Waals surface area contributed by atoms with E-state index in [0.29, 0.717) is 50.7 Å². The number of hydrogen-bond donors (Lipinski definition) is 1. The van der Waals surface area contributed by atoms with Crippen LogP contribution in [0.4, 0.5) is 4.79 Å². The number of aromatic nitrogens is 1. The first-order valence-electron chi connectivity index (χ1n) is 12.6. The highest BCUT2D eigenvalue weighted by molar-refractivity contribution is 7.09. The summed E-state index contributed by atoms with van der Waals surface area (Å²) in [7, 11) is 0. The molecule has 6 rings (SSSR count). The van der Waals surface area contributed by atoms with Crippen LogP contribution < -0.4 is 5.32 Å². The highest BCUT2D eigenvalue weighted by Gasteiger charge is 2.57. The molecule has 0 spiro atoms. The SMILES string of the molecule is O=C([C@H]1C[C@@H]2C=C[C@H]1C2)N1CCC([C@@]2(c3cccnc3)NC(=O)N(CCc3cccs3)C2=O)CC1. The van der Waals surface area contributed by atoms with Crippen molar-refractivity contribution in [1.29, 1.82) is 0 Å². The summed E-state index contributed by atoms with van der Waals surface area (Å²) < 4.78 is 0. The van der Waals surface area contributed by atoms with Gasteiger partial charge in [-0.05, 0) is 67.4 Å². The highest BCUT2D eigenvalue weighted by Crippen LogP contribution is 2.45. The first kappa shape index (κ1) is 22.5. The van der Waals surface area contributed by atoms with Crippen LogP contribution in [0.1, 0.15) is 36.1 Å². The largest absolute Gasteiger partial charge is 0.342 e. The number of hydrogen-bond acceptors (Lipinski definition) is 5. The molecule has 7 nitrogen and oxygen atoms in total. The Hall–Kier alpha value is -3.00. The van der Waals surface area contributed by atoms with Gasteiger partial charge in [-0.25, -0.2) is 4.79 Å². The van der Waals surface area contributed by atoms with Crippen LogP contribution in [0.25, 0.3) is 0 Å². The van der Waals surface area contributed by atoms with Crippen LogP contribution in [0.5, 0.6) is 0 Å². The number of fused-ring (bicyclic) bond motifs is 2. The zero-order valence-corrected chi connectivity index (χ0v) is 20.5. The van der Waals surface area contributed by atoms with Gasteiger partial charge >= 0.3 is 6.03 Å². The number of likely N-dealkylation sites (tertiary alicyclic amines) is 1. The third kappa shape index (κ3) is 3.78. The minimum Gasteiger partial charge on any atom is -0.342 e. The molecule has 2 bridgehead atoms. The molecule has 35 heavy (non-hydrogen) atoms. The molecule has 182 valence electrons. The fourth-order valence-electron chi connectivity index (χ4n) is 6.61. The average molecular weight is 491 g/mol. The number of urea groups is 1. The molecule has 0 radical (unpaired) electrons. The first-order valence-corrected chi connectivity index (χ1v) is 13.5. The topological polar surface area (TPSA) is 82.6 Å². The Labute approximate surface area is 209 Å². The molecule has 2 aromatic heterocycles. The van der Waals surface area contributed by atoms with E-state index in [9.17, 15) is 14.4 Å². The van der Waals surface area contributed by atoms with Gasteiger partial charge in [-0.2, -0.15) is 0 Å². The number of pyridine rings is 1. The van der Waals surface area contributed by atoms with E-state index >= 15 is 0 Å². The summed E-state index contributed by atoms with van der Waals surface area (Å²) in [5.41, 5.74) is -0.412. The van der Waals surface area contributed by atoms with Crippen LogP contribution in [0.15, 0.2) is 54.2 Å². The average Bonchev–Trinajstić information content (AvgIpc) is 3.69. The minimum atomic E-state index is -1.13. The van der Waals surface area contributed by atoms with Crippen LogP contribution >= 0.6 is 11.3 Å². The predicted molar refractivity (Wildman–Crippen MR) is 132 cm³/mol. The molecule has 2 aliphatic carbocycles. The molecule has 2 saturated heterocycles. The molecule has 3 fully saturated rings. The van der Waals surface area contributed by atoms with Crippen molar-refractivity contribution >= 4 is 29.2 Å². The Morgan fingerprint density at radius 1 is 1.14 bits per heavy atom. The minimum absolute atomic E-state index is 0.0983. The van der Waals surface area contributed by atoms with E-state index in [1.165, 1.54) is 4.90 Å². The van der Waals surface area contributed by atoms with E-state index in [-0.39, 0.29) is 29.7 Å². The maximum absolute atomic E-state index is 13.9. The van der Waals surface area contributed by atoms with Crippen molar-refractivity contribution < 1.29 is 14.4 Å². The van der Waals surface area contributed by atoms with E-state index in [2.05, 4.69) is 22.5 Å². The van der Waals surface area contributed by atoms with Gasteiger partial charge in [0.15, 0.2) is 5.54 Å². The van der Waals surface area contributed by atoms with Crippen molar-refractivity contribution in [2.24, 2.45) is 23.7 Å². The molecule has 0 unspecified atom stereocenters. The van der Waals surface area contributed by atoms with Crippen LogP contribution in [-0.4, -0.2) is 52.3 Å². The second-order valence-electron chi connectivity index (χ2n) is 10.3. The van der Waals surface area contributed by atoms with E-state index in [1.54, 1.807) is 23.7 Å². The highest BCUT2D eigenvalue weighted by atomic mass is 32.1. The Morgan fingerprint density at radius 3 is 2.66 bits per heavy atom. The molecule has 0 aromatic carbocycles. The van der Waals surface area contributed by atoms with Crippen LogP contribution in [0, 0.1) is 23.7 Å². The molecule has 1 saturated carbocycles. The predicted octanol–water partition coefficient (Wildman–Crippen LogP) is 3.58. The Morgan fingerprint density at radius 2 is 2.00 bits per heavy atom. The third-order valence-corrected chi connectivity index (χ3v) is 9.36. The quantitative estimate of drug-likeness (QED) is 0.496. The molecule has 8 heteroatoms. The zero-order valence-electron chi connectivity index (χ0n) is 19.6. The van der Waals surface area contributed by atoms with Gasteiger partial charge in [0.1, 0.15) is 0 Å². The van der Waals surface area contributed by atoms with Gasteiger partial charge in [-0.15, -0.1) is 11.3 Å². The summed E-state index contributed by atoms with van der Waals surface area (Å²) in [4.78, 5) is 49.1. The Balaban J connectivity index is 1.21. The lowest BCUT2D eigenvalue weighted by atomic mass is 9.73. The fourth-order valence-corrected chi connectivity index (χ4v) is 7.31. The van der Waals surface area contributed by atoms with Gasteiger partial charge in [0.25, 0.3) is 5.91 Å². The lowest BCUT2D eigenvalue weighted by Crippen LogP contribution is -2.54. The number of piperidine rings is 1. The maximum Gasteiger partial charge on any atom is 0.325 e. The molecule has 4 amide bonds. The van der Waals surface area contributed by atoms with E-state index in [1.807, 2.05) is 34.5 Å². The maximum atomic E-state index is 13.9. The fraction of sp³-hybridized carbons (Fsp3) is 0.481. The van der Waals surface area contributed by atoms with Crippen molar-refractivity contribution in [1.82, 2.24) is 20.1 Å². The van der Waals surface area contributed by atoms with Crippen molar-refractivity contribution in [2.45, 2.75) is 37.6 Å². The number of imide groups is 1. The summed E-state index contributed by atoms with van der Waals surface area (Å²) in [5, 5.41) is 5.10. The van der Waals surface area contributed by atoms with E-state index in [4.69, 9.17) is 0 Å². The standard InChI is InChI=1S/C27H30N4O3S/c32-24(23-16-18-5-6-19(23)15-18)30-11-7-20(8-12-30)27(21-3-1-10-28-17-21)25(33)31(26(34)29-27)13-9-22-4-2-14-35-22/h1-6,10,14,17-20,23H,7-9,11-13,15-16H2,(H,29,34)/t18-,19+,23+,27+/m1/s1. The van der Waals surface area contributed by atoms with E-state index < -0.39 is 5.54 Å². The second-order valence-corrected chi connectivity index (χ2v) is 11.3. The Kier molecular flexibility index (Phi) is 5.71. The van der Waals surface area contributed by atoms with Crippen molar-refractivity contribution in [3.63, 3.8) is 0 Å². The van der Waals surface area contributed by atoms with Crippen LogP contribution in [0.2, 0.25) is 0 Å². The number of carbonyl (C=O) groups is 3. The molecule has 2 aromatic rings. The summed E-state index contributed by atoms with van der Waals surface area (Å²) in [5.74, 6) is 1.02. The normalized spacial score (nSPS) is 30.3. The van der Waals surface area contributed by atoms with Crippen LogP contribution in [0.3, 0.4) is 0 Å². The van der Waals surface area contributed by atoms with Gasteiger partial charge in [0, 0.05) is 48.4 Å². The molecule has 4 atom stereocenters. The van der Waals surface area contributed by atoms with Gasteiger partial charge in [-0.1, -0.05) is 24.3 Å². The molecule has 4 aliphatic rings. The molecular weight excluding hydrogens is 460 g/mol. The number of nitrogens with zero attached hydrogens (tertiary/aromatic N) is 3. The van der Waals surface area contributed by atoms with Gasteiger partial charge < -0.3 is 10.2 Å². The molecule has 4 heterocycles. The lowest BCUT2D eigenvalue weighted by Gasteiger charge is -2.41. The summed E-state index contributed by atoms with van der Waals surface area (Å²) in [6.45, 7) is 1.57. The van der Waals surface area contributed by atoms with Crippen molar-refractivity contribution in [3.05, 3.63) is 64.6 Å². The van der Waals surface area contributed by atoms with Gasteiger partial charge in [0.2, 0.25) is 5.91 Å². The number of carbonyl (C=O) groups excluding carboxylic acids is 3. The first-order chi connectivity index (χ1) is 17.1. The number of thiophene rings is 1. The molecule has 2 aliphatic heterocycles. The number of allylic oxidation sites excluding steroid dienone is 2. The van der Waals surface area contributed by atoms with Gasteiger partial charge in [0.05, 0.1) is 0 Å². The zero-order chi connectivity index (χ0) is 24.0. The molecular formula is C27H30N4O3S. The second kappa shape index (κ2) is 8.90. The summed E-state index contributed by atoms with van der Waals surface area (Å²) in [6, 6.07) is 7.35. The Bertz CT molecular complexity index is 1140. The monoisotopic (exact) mass is 490 g/mol. The molecule has 1 N–H and O–H groups in total. The summed E-state index contributed by atoms with van der Waals surface area (Å²) in [6.07, 6.45) is 11.9. The summed E-state index contributed by atoms with van der Waals surface area (Å²) >= 11 is 1.63. The lowest BCUT2D eigenvalue weighted by molar-refractivity contribution is -0.139.